The van der Waals surface area contributed by atoms with Gasteiger partial charge in [-0.1, -0.05) is 6.07 Å². The van der Waals surface area contributed by atoms with Gasteiger partial charge in [0.15, 0.2) is 0 Å². The Balaban J connectivity index is 2.58. The highest BCUT2D eigenvalue weighted by molar-refractivity contribution is 6.29. The molecular formula is C13H13N3O5. The molecule has 8 heteroatoms. The number of amides is 4. The molecule has 0 atom stereocenters. The lowest BCUT2D eigenvalue weighted by atomic mass is 9.88. The van der Waals surface area contributed by atoms with Crippen LogP contribution in [0.25, 0.3) is 0 Å². The molecule has 21 heavy (non-hydrogen) atoms. The molecule has 0 spiro atoms. The number of carbonyl (C=O) groups excluding carboxylic acids is 3. The number of urea groups is 1. The van der Waals surface area contributed by atoms with Crippen molar-refractivity contribution in [2.75, 3.05) is 4.90 Å². The van der Waals surface area contributed by atoms with Crippen molar-refractivity contribution in [1.29, 1.82) is 0 Å². The molecule has 1 aromatic carbocycles. The Morgan fingerprint density at radius 3 is 2.43 bits per heavy atom. The molecule has 4 amide bonds. The number of nitrogens with one attached hydrogen (secondary N) is 1. The summed E-state index contributed by atoms with van der Waals surface area (Å²) in [6.45, 7) is 4.21. The van der Waals surface area contributed by atoms with E-state index in [2.05, 4.69) is 5.32 Å². The van der Waals surface area contributed by atoms with Crippen LogP contribution in [-0.2, 0) is 9.59 Å². The predicted molar refractivity (Wildman–Crippen MR) is 72.6 cm³/mol. The second-order valence-electron chi connectivity index (χ2n) is 5.20. The van der Waals surface area contributed by atoms with Crippen molar-refractivity contribution in [1.82, 2.24) is 5.32 Å². The zero-order valence-electron chi connectivity index (χ0n) is 11.7. The maximum atomic E-state index is 12.4. The number of nitrogens with zero attached hydrogens (tertiary/aromatic N) is 2. The Morgan fingerprint density at radius 1 is 1.24 bits per heavy atom. The molecule has 110 valence electrons. The first-order chi connectivity index (χ1) is 9.67. The first-order valence-electron chi connectivity index (χ1n) is 6.12. The Morgan fingerprint density at radius 2 is 1.86 bits per heavy atom. The maximum absolute atomic E-state index is 12.4. The van der Waals surface area contributed by atoms with Crippen LogP contribution in [0.5, 0.6) is 0 Å². The number of benzene rings is 1. The van der Waals surface area contributed by atoms with Crippen molar-refractivity contribution in [3.63, 3.8) is 0 Å². The zero-order valence-corrected chi connectivity index (χ0v) is 11.7. The fourth-order valence-corrected chi connectivity index (χ4v) is 2.05. The van der Waals surface area contributed by atoms with Gasteiger partial charge in [-0.15, -0.1) is 0 Å². The lowest BCUT2D eigenvalue weighted by molar-refractivity contribution is -0.385. The molecule has 0 aromatic heterocycles. The minimum atomic E-state index is -1.43. The Kier molecular flexibility index (Phi) is 3.24. The monoisotopic (exact) mass is 291 g/mol. The third kappa shape index (κ3) is 2.14. The first kappa shape index (κ1) is 14.6. The molecule has 1 saturated heterocycles. The number of barbiturate groups is 1. The standard InChI is InChI=1S/C13H13N3O5/c1-7-8(5-4-6-9(7)16(20)21)15-11(18)13(2,3)10(17)14-12(15)19/h4-6H,1-3H3,(H,14,17,19). The molecule has 1 heterocycles. The summed E-state index contributed by atoms with van der Waals surface area (Å²) in [6.07, 6.45) is 0. The Hall–Kier alpha value is -2.77. The molecule has 1 aliphatic heterocycles. The molecule has 1 aliphatic rings. The minimum absolute atomic E-state index is 0.0901. The van der Waals surface area contributed by atoms with Gasteiger partial charge in [-0.3, -0.25) is 25.0 Å². The summed E-state index contributed by atoms with van der Waals surface area (Å²) in [7, 11) is 0. The smallest absolute Gasteiger partial charge is 0.276 e. The average molecular weight is 291 g/mol. The van der Waals surface area contributed by atoms with Crippen molar-refractivity contribution in [2.45, 2.75) is 20.8 Å². The molecule has 0 aliphatic carbocycles. The number of carbonyl (C=O) groups is 3. The van der Waals surface area contributed by atoms with Crippen LogP contribution in [0.2, 0.25) is 0 Å². The van der Waals surface area contributed by atoms with Crippen LogP contribution in [0.3, 0.4) is 0 Å². The van der Waals surface area contributed by atoms with Crippen LogP contribution in [0.15, 0.2) is 18.2 Å². The van der Waals surface area contributed by atoms with Gasteiger partial charge in [-0.05, 0) is 26.8 Å². The van der Waals surface area contributed by atoms with Crippen LogP contribution < -0.4 is 10.2 Å². The van der Waals surface area contributed by atoms with Crippen LogP contribution >= 0.6 is 0 Å². The van der Waals surface area contributed by atoms with E-state index in [4.69, 9.17) is 0 Å². The lowest BCUT2D eigenvalue weighted by Gasteiger charge is -2.34. The molecule has 0 unspecified atom stereocenters. The normalized spacial score (nSPS) is 17.7. The molecule has 0 saturated carbocycles. The summed E-state index contributed by atoms with van der Waals surface area (Å²) in [5.41, 5.74) is -1.36. The van der Waals surface area contributed by atoms with Crippen LogP contribution in [0, 0.1) is 22.5 Å². The van der Waals surface area contributed by atoms with Crippen LogP contribution in [-0.4, -0.2) is 22.8 Å². The maximum Gasteiger partial charge on any atom is 0.335 e. The van der Waals surface area contributed by atoms with Crippen molar-refractivity contribution in [3.05, 3.63) is 33.9 Å². The molecular weight excluding hydrogens is 278 g/mol. The average Bonchev–Trinajstić information content (AvgIpc) is 2.38. The van der Waals surface area contributed by atoms with Gasteiger partial charge in [-0.2, -0.15) is 0 Å². The number of hydrogen-bond donors (Lipinski definition) is 1. The molecule has 1 N–H and O–H groups in total. The van der Waals surface area contributed by atoms with Gasteiger partial charge in [0.2, 0.25) is 11.8 Å². The van der Waals surface area contributed by atoms with Crippen molar-refractivity contribution in [3.8, 4) is 0 Å². The summed E-state index contributed by atoms with van der Waals surface area (Å²) in [4.78, 5) is 47.1. The molecule has 0 bridgehead atoms. The van der Waals surface area contributed by atoms with E-state index in [9.17, 15) is 24.5 Å². The van der Waals surface area contributed by atoms with Gasteiger partial charge in [0.1, 0.15) is 5.41 Å². The summed E-state index contributed by atoms with van der Waals surface area (Å²) >= 11 is 0. The number of nitro groups is 1. The van der Waals surface area contributed by atoms with Gasteiger partial charge < -0.3 is 0 Å². The zero-order chi connectivity index (χ0) is 15.9. The van der Waals surface area contributed by atoms with Crippen LogP contribution in [0.4, 0.5) is 16.2 Å². The molecule has 1 fully saturated rings. The SMILES string of the molecule is Cc1c(N2C(=O)NC(=O)C(C)(C)C2=O)cccc1[N+](=O)[O-]. The van der Waals surface area contributed by atoms with Crippen LogP contribution in [0.1, 0.15) is 19.4 Å². The third-order valence-electron chi connectivity index (χ3n) is 3.44. The second-order valence-corrected chi connectivity index (χ2v) is 5.20. The van der Waals surface area contributed by atoms with Gasteiger partial charge in [-0.25, -0.2) is 9.69 Å². The van der Waals surface area contributed by atoms with E-state index in [1.807, 2.05) is 0 Å². The molecule has 2 rings (SSSR count). The number of imide groups is 2. The number of nitro benzene ring substituents is 1. The van der Waals surface area contributed by atoms with Crippen molar-refractivity contribution >= 4 is 29.2 Å². The van der Waals surface area contributed by atoms with Gasteiger partial charge in [0.25, 0.3) is 5.69 Å². The van der Waals surface area contributed by atoms with Gasteiger partial charge in [0.05, 0.1) is 16.2 Å². The predicted octanol–water partition coefficient (Wildman–Crippen LogP) is 1.51. The Bertz CT molecular complexity index is 680. The topological polar surface area (TPSA) is 110 Å². The largest absolute Gasteiger partial charge is 0.335 e. The highest BCUT2D eigenvalue weighted by atomic mass is 16.6. The quantitative estimate of drug-likeness (QED) is 0.504. The van der Waals surface area contributed by atoms with E-state index in [-0.39, 0.29) is 16.9 Å². The number of rotatable bonds is 2. The van der Waals surface area contributed by atoms with E-state index in [0.29, 0.717) is 0 Å². The summed E-state index contributed by atoms with van der Waals surface area (Å²) < 4.78 is 0. The highest BCUT2D eigenvalue weighted by Crippen LogP contribution is 2.33. The van der Waals surface area contributed by atoms with Gasteiger partial charge in [0, 0.05) is 6.07 Å². The summed E-state index contributed by atoms with van der Waals surface area (Å²) in [5.74, 6) is -1.42. The second kappa shape index (κ2) is 4.65. The number of hydrogen-bond acceptors (Lipinski definition) is 5. The lowest BCUT2D eigenvalue weighted by Crippen LogP contribution is -2.62. The van der Waals surface area contributed by atoms with Crippen molar-refractivity contribution in [2.24, 2.45) is 5.41 Å². The van der Waals surface area contributed by atoms with Crippen molar-refractivity contribution < 1.29 is 19.3 Å². The Labute approximate surface area is 119 Å². The fraction of sp³-hybridized carbons (Fsp3) is 0.308. The highest BCUT2D eigenvalue weighted by Gasteiger charge is 2.48. The van der Waals surface area contributed by atoms with E-state index >= 15 is 0 Å². The van der Waals surface area contributed by atoms with E-state index in [1.54, 1.807) is 0 Å². The first-order valence-corrected chi connectivity index (χ1v) is 6.12. The summed E-state index contributed by atoms with van der Waals surface area (Å²) in [5, 5.41) is 13.0. The van der Waals surface area contributed by atoms with E-state index < -0.39 is 28.2 Å². The van der Waals surface area contributed by atoms with E-state index in [1.165, 1.54) is 39.0 Å². The fourth-order valence-electron chi connectivity index (χ4n) is 2.05. The van der Waals surface area contributed by atoms with Gasteiger partial charge >= 0.3 is 6.03 Å². The third-order valence-corrected chi connectivity index (χ3v) is 3.44. The molecule has 8 nitrogen and oxygen atoms in total. The number of anilines is 1. The molecule has 0 radical (unpaired) electrons. The molecule has 1 aromatic rings. The van der Waals surface area contributed by atoms with E-state index in [0.717, 1.165) is 4.90 Å². The minimum Gasteiger partial charge on any atom is -0.276 e. The summed E-state index contributed by atoms with van der Waals surface area (Å²) in [6, 6.07) is 3.17.